The molecule has 0 fully saturated rings. The normalized spacial score (nSPS) is 11.8. The minimum atomic E-state index is -1.18. The highest BCUT2D eigenvalue weighted by Crippen LogP contribution is 2.23. The number of rotatable bonds is 6. The van der Waals surface area contributed by atoms with Crippen molar-refractivity contribution in [2.24, 2.45) is 0 Å². The maximum Gasteiger partial charge on any atom is 0.335 e. The van der Waals surface area contributed by atoms with Gasteiger partial charge in [0.25, 0.3) is 0 Å². The van der Waals surface area contributed by atoms with Gasteiger partial charge in [-0.25, -0.2) is 4.79 Å². The predicted octanol–water partition coefficient (Wildman–Crippen LogP) is 4.65. The number of hydrogen-bond acceptors (Lipinski definition) is 3. The molecule has 132 valence electrons. The fourth-order valence-electron chi connectivity index (χ4n) is 2.63. The fourth-order valence-corrected chi connectivity index (χ4v) is 2.82. The second kappa shape index (κ2) is 8.65. The smallest absolute Gasteiger partial charge is 0.335 e. The highest BCUT2D eigenvalue weighted by molar-refractivity contribution is 6.30. The third-order valence-corrected chi connectivity index (χ3v) is 4.27. The van der Waals surface area contributed by atoms with Crippen LogP contribution >= 0.6 is 11.6 Å². The van der Waals surface area contributed by atoms with Crippen molar-refractivity contribution in [3.8, 4) is 11.1 Å². The van der Waals surface area contributed by atoms with Crippen LogP contribution in [-0.2, 0) is 22.6 Å². The van der Waals surface area contributed by atoms with Gasteiger partial charge in [-0.1, -0.05) is 78.3 Å². The summed E-state index contributed by atoms with van der Waals surface area (Å²) in [7, 11) is 0. The Kier molecular flexibility index (Phi) is 6.05. The van der Waals surface area contributed by atoms with E-state index < -0.39 is 12.1 Å². The Balaban J connectivity index is 1.57. The quantitative estimate of drug-likeness (QED) is 0.646. The standard InChI is InChI=1S/C22H19ClO3/c23-20-8-4-7-19(14-20)18-11-9-16(10-12-18)13-21(24)22(25)26-15-17-5-2-1-3-6-17/h1-12,14,21,24H,13,15H2. The van der Waals surface area contributed by atoms with E-state index in [2.05, 4.69) is 0 Å². The van der Waals surface area contributed by atoms with Crippen LogP contribution in [-0.4, -0.2) is 17.2 Å². The van der Waals surface area contributed by atoms with E-state index in [0.29, 0.717) is 5.02 Å². The molecule has 3 rings (SSSR count). The summed E-state index contributed by atoms with van der Waals surface area (Å²) < 4.78 is 5.16. The lowest BCUT2D eigenvalue weighted by Crippen LogP contribution is -2.25. The minimum Gasteiger partial charge on any atom is -0.459 e. The Hall–Kier alpha value is -2.62. The van der Waals surface area contributed by atoms with E-state index in [1.807, 2.05) is 78.9 Å². The zero-order chi connectivity index (χ0) is 18.4. The third-order valence-electron chi connectivity index (χ3n) is 4.04. The molecule has 0 amide bonds. The summed E-state index contributed by atoms with van der Waals surface area (Å²) in [6.45, 7) is 0.157. The van der Waals surface area contributed by atoms with E-state index in [0.717, 1.165) is 22.3 Å². The monoisotopic (exact) mass is 366 g/mol. The predicted molar refractivity (Wildman–Crippen MR) is 103 cm³/mol. The number of aliphatic hydroxyl groups is 1. The summed E-state index contributed by atoms with van der Waals surface area (Å²) in [5, 5.41) is 10.8. The molecule has 3 nitrogen and oxygen atoms in total. The van der Waals surface area contributed by atoms with Crippen LogP contribution < -0.4 is 0 Å². The fraction of sp³-hybridized carbons (Fsp3) is 0.136. The van der Waals surface area contributed by atoms with Crippen LogP contribution in [0.4, 0.5) is 0 Å². The van der Waals surface area contributed by atoms with Gasteiger partial charge in [0.1, 0.15) is 6.61 Å². The van der Waals surface area contributed by atoms with Crippen molar-refractivity contribution >= 4 is 17.6 Å². The second-order valence-corrected chi connectivity index (χ2v) is 6.46. The van der Waals surface area contributed by atoms with Gasteiger partial charge in [-0.15, -0.1) is 0 Å². The Morgan fingerprint density at radius 2 is 1.62 bits per heavy atom. The lowest BCUT2D eigenvalue weighted by molar-refractivity contribution is -0.154. The molecule has 3 aromatic rings. The summed E-state index contributed by atoms with van der Waals surface area (Å²) >= 11 is 6.02. The summed E-state index contributed by atoms with van der Waals surface area (Å²) in [5.41, 5.74) is 3.79. The maximum atomic E-state index is 12.0. The van der Waals surface area contributed by atoms with Crippen LogP contribution in [0.2, 0.25) is 5.02 Å². The molecule has 0 aromatic heterocycles. The van der Waals surface area contributed by atoms with Crippen molar-refractivity contribution in [3.05, 3.63) is 95.0 Å². The van der Waals surface area contributed by atoms with Crippen LogP contribution in [0.1, 0.15) is 11.1 Å². The SMILES string of the molecule is O=C(OCc1ccccc1)C(O)Cc1ccc(-c2cccc(Cl)c2)cc1. The number of carbonyl (C=O) groups is 1. The topological polar surface area (TPSA) is 46.5 Å². The first-order valence-electron chi connectivity index (χ1n) is 8.35. The zero-order valence-electron chi connectivity index (χ0n) is 14.1. The van der Waals surface area contributed by atoms with Crippen LogP contribution in [0.15, 0.2) is 78.9 Å². The number of ether oxygens (including phenoxy) is 1. The van der Waals surface area contributed by atoms with Crippen LogP contribution in [0.25, 0.3) is 11.1 Å². The van der Waals surface area contributed by atoms with Gasteiger partial charge in [0.2, 0.25) is 0 Å². The Morgan fingerprint density at radius 1 is 0.885 bits per heavy atom. The third kappa shape index (κ3) is 4.94. The summed E-state index contributed by atoms with van der Waals surface area (Å²) in [6, 6.07) is 24.7. The van der Waals surface area contributed by atoms with Crippen molar-refractivity contribution in [2.45, 2.75) is 19.1 Å². The Bertz CT molecular complexity index is 860. The van der Waals surface area contributed by atoms with Gasteiger partial charge in [-0.2, -0.15) is 0 Å². The first-order chi connectivity index (χ1) is 12.6. The zero-order valence-corrected chi connectivity index (χ0v) is 14.9. The van der Waals surface area contributed by atoms with Gasteiger partial charge >= 0.3 is 5.97 Å². The van der Waals surface area contributed by atoms with E-state index in [-0.39, 0.29) is 13.0 Å². The second-order valence-electron chi connectivity index (χ2n) is 6.02. The van der Waals surface area contributed by atoms with Crippen molar-refractivity contribution in [2.75, 3.05) is 0 Å². The molecule has 26 heavy (non-hydrogen) atoms. The number of hydrogen-bond donors (Lipinski definition) is 1. The van der Waals surface area contributed by atoms with Crippen molar-refractivity contribution in [1.82, 2.24) is 0 Å². The Morgan fingerprint density at radius 3 is 2.31 bits per heavy atom. The molecule has 0 spiro atoms. The average molecular weight is 367 g/mol. The summed E-state index contributed by atoms with van der Waals surface area (Å²) in [5.74, 6) is -0.618. The minimum absolute atomic E-state index is 0.157. The molecule has 1 N–H and O–H groups in total. The molecule has 1 unspecified atom stereocenters. The molecule has 1 atom stereocenters. The average Bonchev–Trinajstić information content (AvgIpc) is 2.67. The van der Waals surface area contributed by atoms with Gasteiger partial charge in [-0.05, 0) is 34.4 Å². The van der Waals surface area contributed by atoms with Gasteiger partial charge in [0.05, 0.1) is 0 Å². The lowest BCUT2D eigenvalue weighted by atomic mass is 10.0. The Labute approximate surface area is 157 Å². The molecule has 0 heterocycles. The highest BCUT2D eigenvalue weighted by atomic mass is 35.5. The van der Waals surface area contributed by atoms with E-state index in [1.165, 1.54) is 0 Å². The van der Waals surface area contributed by atoms with Gasteiger partial charge in [-0.3, -0.25) is 0 Å². The maximum absolute atomic E-state index is 12.0. The molecule has 0 bridgehead atoms. The van der Waals surface area contributed by atoms with Crippen LogP contribution in [0.3, 0.4) is 0 Å². The van der Waals surface area contributed by atoms with Crippen molar-refractivity contribution in [3.63, 3.8) is 0 Å². The lowest BCUT2D eigenvalue weighted by Gasteiger charge is -2.11. The van der Waals surface area contributed by atoms with Crippen LogP contribution in [0.5, 0.6) is 0 Å². The highest BCUT2D eigenvalue weighted by Gasteiger charge is 2.17. The van der Waals surface area contributed by atoms with Gasteiger partial charge in [0.15, 0.2) is 6.10 Å². The van der Waals surface area contributed by atoms with Gasteiger partial charge in [0, 0.05) is 11.4 Å². The molecule has 0 aliphatic rings. The van der Waals surface area contributed by atoms with E-state index >= 15 is 0 Å². The first-order valence-corrected chi connectivity index (χ1v) is 8.73. The van der Waals surface area contributed by atoms with Crippen LogP contribution in [0, 0.1) is 0 Å². The molecule has 0 saturated carbocycles. The molecule has 4 heteroatoms. The molecular formula is C22H19ClO3. The molecule has 0 radical (unpaired) electrons. The summed E-state index contributed by atoms with van der Waals surface area (Å²) in [6.07, 6.45) is -0.973. The molecule has 0 aliphatic carbocycles. The van der Waals surface area contributed by atoms with Crippen molar-refractivity contribution in [1.29, 1.82) is 0 Å². The number of benzene rings is 3. The molecule has 0 aliphatic heterocycles. The number of halogens is 1. The number of esters is 1. The summed E-state index contributed by atoms with van der Waals surface area (Å²) in [4.78, 5) is 12.0. The number of aliphatic hydroxyl groups excluding tert-OH is 1. The van der Waals surface area contributed by atoms with Crippen molar-refractivity contribution < 1.29 is 14.6 Å². The number of carbonyl (C=O) groups excluding carboxylic acids is 1. The van der Waals surface area contributed by atoms with E-state index in [1.54, 1.807) is 0 Å². The largest absolute Gasteiger partial charge is 0.459 e. The van der Waals surface area contributed by atoms with Gasteiger partial charge < -0.3 is 9.84 Å². The van der Waals surface area contributed by atoms with E-state index in [9.17, 15) is 9.90 Å². The molecule has 0 saturated heterocycles. The first kappa shape index (κ1) is 18.2. The molecule has 3 aromatic carbocycles. The molecular weight excluding hydrogens is 348 g/mol. The van der Waals surface area contributed by atoms with E-state index in [4.69, 9.17) is 16.3 Å².